The molecular weight excluding hydrogens is 485 g/mol. The number of hydrogen-bond acceptors (Lipinski definition) is 5. The number of rotatable bonds is 7. The first-order valence-electron chi connectivity index (χ1n) is 9.43. The van der Waals surface area contributed by atoms with Gasteiger partial charge in [-0.3, -0.25) is 9.89 Å². The number of aromatic nitrogens is 1. The highest BCUT2D eigenvalue weighted by Gasteiger charge is 2.24. The average Bonchev–Trinajstić information content (AvgIpc) is 3.36. The number of aryl methyl sites for hydroxylation is 1. The molecule has 3 rings (SSSR count). The van der Waals surface area contributed by atoms with E-state index in [9.17, 15) is 0 Å². The molecule has 1 unspecified atom stereocenters. The lowest BCUT2D eigenvalue weighted by atomic mass is 10.1. The van der Waals surface area contributed by atoms with Crippen LogP contribution in [-0.2, 0) is 6.54 Å². The van der Waals surface area contributed by atoms with Crippen LogP contribution in [0.15, 0.2) is 35.5 Å². The van der Waals surface area contributed by atoms with E-state index < -0.39 is 0 Å². The lowest BCUT2D eigenvalue weighted by molar-refractivity contribution is 0.245. The smallest absolute Gasteiger partial charge is 0.191 e. The van der Waals surface area contributed by atoms with Crippen molar-refractivity contribution in [3.63, 3.8) is 0 Å². The highest BCUT2D eigenvalue weighted by atomic mass is 127. The number of guanidine groups is 1. The van der Waals surface area contributed by atoms with Crippen molar-refractivity contribution in [2.75, 3.05) is 33.8 Å². The normalized spacial score (nSPS) is 15.8. The van der Waals surface area contributed by atoms with Gasteiger partial charge in [0.25, 0.3) is 0 Å². The van der Waals surface area contributed by atoms with Crippen molar-refractivity contribution < 1.29 is 4.74 Å². The van der Waals surface area contributed by atoms with Gasteiger partial charge in [-0.05, 0) is 50.6 Å². The fourth-order valence-electron chi connectivity index (χ4n) is 3.42. The number of nitrogens with zero attached hydrogens (tertiary/aromatic N) is 3. The van der Waals surface area contributed by atoms with Gasteiger partial charge in [-0.2, -0.15) is 0 Å². The fraction of sp³-hybridized carbons (Fsp3) is 0.500. The predicted molar refractivity (Wildman–Crippen MR) is 127 cm³/mol. The van der Waals surface area contributed by atoms with E-state index in [0.29, 0.717) is 12.6 Å². The van der Waals surface area contributed by atoms with E-state index in [0.717, 1.165) is 36.4 Å². The first kappa shape index (κ1) is 22.9. The van der Waals surface area contributed by atoms with E-state index in [4.69, 9.17) is 4.74 Å². The van der Waals surface area contributed by atoms with Crippen LogP contribution in [0.25, 0.3) is 0 Å². The molecule has 1 atom stereocenters. The first-order chi connectivity index (χ1) is 13.2. The summed E-state index contributed by atoms with van der Waals surface area (Å²) in [6.45, 7) is 5.82. The monoisotopic (exact) mass is 515 g/mol. The lowest BCUT2D eigenvalue weighted by Gasteiger charge is -2.29. The molecule has 0 amide bonds. The van der Waals surface area contributed by atoms with Crippen molar-refractivity contribution in [2.24, 2.45) is 4.99 Å². The molecule has 2 heterocycles. The summed E-state index contributed by atoms with van der Waals surface area (Å²) in [5, 5.41) is 7.92. The maximum Gasteiger partial charge on any atom is 0.191 e. The van der Waals surface area contributed by atoms with Crippen molar-refractivity contribution in [1.82, 2.24) is 20.5 Å². The third-order valence-electron chi connectivity index (χ3n) is 4.82. The van der Waals surface area contributed by atoms with Crippen molar-refractivity contribution in [2.45, 2.75) is 32.4 Å². The second-order valence-electron chi connectivity index (χ2n) is 6.71. The quantitative estimate of drug-likeness (QED) is 0.336. The van der Waals surface area contributed by atoms with Crippen LogP contribution in [0, 0.1) is 6.92 Å². The maximum absolute atomic E-state index is 5.42. The van der Waals surface area contributed by atoms with E-state index in [-0.39, 0.29) is 24.0 Å². The van der Waals surface area contributed by atoms with Crippen LogP contribution in [0.5, 0.6) is 5.75 Å². The first-order valence-corrected chi connectivity index (χ1v) is 10.2. The summed E-state index contributed by atoms with van der Waals surface area (Å²) in [5.74, 6) is 1.70. The molecule has 2 N–H and O–H groups in total. The summed E-state index contributed by atoms with van der Waals surface area (Å²) >= 11 is 1.71. The van der Waals surface area contributed by atoms with Gasteiger partial charge in [0, 0.05) is 24.7 Å². The summed E-state index contributed by atoms with van der Waals surface area (Å²) in [5.41, 5.74) is 1.27. The second-order valence-corrected chi connectivity index (χ2v) is 8.03. The van der Waals surface area contributed by atoms with Gasteiger partial charge < -0.3 is 15.4 Å². The molecule has 0 radical (unpaired) electrons. The van der Waals surface area contributed by atoms with E-state index in [1.165, 1.54) is 23.3 Å². The van der Waals surface area contributed by atoms with Gasteiger partial charge >= 0.3 is 0 Å². The zero-order valence-electron chi connectivity index (χ0n) is 16.8. The molecule has 1 aromatic carbocycles. The lowest BCUT2D eigenvalue weighted by Crippen LogP contribution is -2.42. The number of aliphatic imine (C=N–C) groups is 1. The number of halogens is 1. The minimum atomic E-state index is 0. The molecule has 154 valence electrons. The molecule has 6 nitrogen and oxygen atoms in total. The zero-order valence-corrected chi connectivity index (χ0v) is 19.9. The molecule has 0 spiro atoms. The van der Waals surface area contributed by atoms with Gasteiger partial charge in [-0.25, -0.2) is 4.98 Å². The Kier molecular flexibility index (Phi) is 9.46. The zero-order chi connectivity index (χ0) is 19.1. The van der Waals surface area contributed by atoms with E-state index in [1.807, 2.05) is 12.3 Å². The van der Waals surface area contributed by atoms with Crippen LogP contribution < -0.4 is 15.4 Å². The predicted octanol–water partition coefficient (Wildman–Crippen LogP) is 3.58. The number of methoxy groups -OCH3 is 1. The number of hydrogen-bond donors (Lipinski definition) is 2. The minimum absolute atomic E-state index is 0. The molecule has 8 heteroatoms. The molecule has 0 aliphatic carbocycles. The molecule has 0 bridgehead atoms. The number of thiazole rings is 1. The number of benzene rings is 1. The van der Waals surface area contributed by atoms with Crippen LogP contribution in [0.4, 0.5) is 0 Å². The molecule has 1 aliphatic heterocycles. The number of likely N-dealkylation sites (tertiary alicyclic amines) is 1. The molecule has 1 saturated heterocycles. The van der Waals surface area contributed by atoms with E-state index in [2.05, 4.69) is 50.6 Å². The largest absolute Gasteiger partial charge is 0.497 e. The Labute approximate surface area is 188 Å². The summed E-state index contributed by atoms with van der Waals surface area (Å²) in [7, 11) is 3.52. The van der Waals surface area contributed by atoms with Crippen LogP contribution in [0.2, 0.25) is 0 Å². The molecular formula is C20H30IN5OS. The summed E-state index contributed by atoms with van der Waals surface area (Å²) in [4.78, 5) is 12.5. The third-order valence-corrected chi connectivity index (χ3v) is 5.74. The van der Waals surface area contributed by atoms with Gasteiger partial charge in [0.2, 0.25) is 0 Å². The van der Waals surface area contributed by atoms with E-state index >= 15 is 0 Å². The Hall–Kier alpha value is -1.39. The van der Waals surface area contributed by atoms with Crippen LogP contribution >= 0.6 is 35.3 Å². The Morgan fingerprint density at radius 2 is 2.11 bits per heavy atom. The van der Waals surface area contributed by atoms with Gasteiger partial charge in [0.1, 0.15) is 10.8 Å². The van der Waals surface area contributed by atoms with Gasteiger partial charge in [0.05, 0.1) is 19.7 Å². The molecule has 1 aromatic heterocycles. The third kappa shape index (κ3) is 6.31. The van der Waals surface area contributed by atoms with Crippen molar-refractivity contribution in [3.8, 4) is 5.75 Å². The minimum Gasteiger partial charge on any atom is -0.497 e. The van der Waals surface area contributed by atoms with E-state index in [1.54, 1.807) is 25.5 Å². The molecule has 1 aliphatic rings. The number of nitrogens with one attached hydrogen (secondary N) is 2. The topological polar surface area (TPSA) is 61.8 Å². The van der Waals surface area contributed by atoms with Crippen LogP contribution in [0.1, 0.15) is 34.3 Å². The van der Waals surface area contributed by atoms with Crippen molar-refractivity contribution in [1.29, 1.82) is 0 Å². The Morgan fingerprint density at radius 1 is 1.32 bits per heavy atom. The molecule has 1 fully saturated rings. The van der Waals surface area contributed by atoms with Crippen LogP contribution in [-0.4, -0.2) is 49.6 Å². The fourth-order valence-corrected chi connectivity index (χ4v) is 4.14. The highest BCUT2D eigenvalue weighted by molar-refractivity contribution is 14.0. The summed E-state index contributed by atoms with van der Waals surface area (Å²) < 4.78 is 5.42. The van der Waals surface area contributed by atoms with Gasteiger partial charge in [-0.15, -0.1) is 35.3 Å². The Bertz CT molecular complexity index is 761. The SMILES string of the molecule is CN=C(NCc1ncc(C)s1)NCC(c1cccc(OC)c1)N1CCCC1.I. The standard InChI is InChI=1S/C20H29N5OS.HI/c1-15-12-22-19(27-15)14-24-20(21-2)23-13-18(25-9-4-5-10-25)16-7-6-8-17(11-16)26-3;/h6-8,11-12,18H,4-5,9-10,13-14H2,1-3H3,(H2,21,23,24);1H. The van der Waals surface area contributed by atoms with Gasteiger partial charge in [0.15, 0.2) is 5.96 Å². The molecule has 0 saturated carbocycles. The highest BCUT2D eigenvalue weighted by Crippen LogP contribution is 2.27. The summed E-state index contributed by atoms with van der Waals surface area (Å²) in [6, 6.07) is 8.67. The maximum atomic E-state index is 5.42. The average molecular weight is 515 g/mol. The van der Waals surface area contributed by atoms with Crippen molar-refractivity contribution >= 4 is 41.3 Å². The molecule has 2 aromatic rings. The Morgan fingerprint density at radius 3 is 2.75 bits per heavy atom. The summed E-state index contributed by atoms with van der Waals surface area (Å²) in [6.07, 6.45) is 4.43. The number of ether oxygens (including phenoxy) is 1. The van der Waals surface area contributed by atoms with Crippen LogP contribution in [0.3, 0.4) is 0 Å². The van der Waals surface area contributed by atoms with Gasteiger partial charge in [-0.1, -0.05) is 12.1 Å². The molecule has 28 heavy (non-hydrogen) atoms. The Balaban J connectivity index is 0.00000280. The van der Waals surface area contributed by atoms with Crippen molar-refractivity contribution in [3.05, 3.63) is 45.9 Å². The second kappa shape index (κ2) is 11.6.